The summed E-state index contributed by atoms with van der Waals surface area (Å²) in [6.45, 7) is 12.0. The van der Waals surface area contributed by atoms with Crippen LogP contribution in [0.25, 0.3) is 0 Å². The second kappa shape index (κ2) is 10.3. The third-order valence-corrected chi connectivity index (χ3v) is 6.04. The molecule has 164 valence electrons. The number of hydrogen-bond donors (Lipinski definition) is 2. The van der Waals surface area contributed by atoms with Crippen LogP contribution in [-0.4, -0.2) is 36.4 Å². The number of rotatable bonds is 9. The molecular weight excluding hydrogens is 384 g/mol. The van der Waals surface area contributed by atoms with Crippen LogP contribution in [0.1, 0.15) is 50.3 Å². The van der Waals surface area contributed by atoms with E-state index >= 15 is 0 Å². The molecule has 0 saturated carbocycles. The summed E-state index contributed by atoms with van der Waals surface area (Å²) < 4.78 is 0. The van der Waals surface area contributed by atoms with Crippen molar-refractivity contribution < 1.29 is 10.2 Å². The lowest BCUT2D eigenvalue weighted by molar-refractivity contribution is 0.458. The number of phenols is 2. The quantitative estimate of drug-likeness (QED) is 0.420. The highest BCUT2D eigenvalue weighted by atomic mass is 16.3. The molecule has 31 heavy (non-hydrogen) atoms. The zero-order valence-corrected chi connectivity index (χ0v) is 19.0. The molecule has 0 spiro atoms. The molecular formula is C27H34N2O2. The summed E-state index contributed by atoms with van der Waals surface area (Å²) in [6.07, 6.45) is 0. The molecule has 0 aliphatic carbocycles. The van der Waals surface area contributed by atoms with Crippen LogP contribution in [0.5, 0.6) is 11.5 Å². The second-order valence-corrected chi connectivity index (χ2v) is 7.67. The number of benzene rings is 3. The van der Waals surface area contributed by atoms with E-state index < -0.39 is 0 Å². The van der Waals surface area contributed by atoms with Gasteiger partial charge in [-0.1, -0.05) is 42.5 Å². The van der Waals surface area contributed by atoms with Crippen LogP contribution >= 0.6 is 0 Å². The van der Waals surface area contributed by atoms with Crippen molar-refractivity contribution in [3.05, 3.63) is 83.4 Å². The summed E-state index contributed by atoms with van der Waals surface area (Å²) in [7, 11) is 0. The summed E-state index contributed by atoms with van der Waals surface area (Å²) >= 11 is 0. The van der Waals surface area contributed by atoms with Crippen molar-refractivity contribution in [1.82, 2.24) is 0 Å². The predicted molar refractivity (Wildman–Crippen MR) is 131 cm³/mol. The van der Waals surface area contributed by atoms with Crippen molar-refractivity contribution in [3.8, 4) is 11.5 Å². The average Bonchev–Trinajstić information content (AvgIpc) is 2.79. The number of phenolic OH excluding ortho intramolecular Hbond substituents is 2. The maximum atomic E-state index is 11.0. The fourth-order valence-electron chi connectivity index (χ4n) is 4.30. The first-order chi connectivity index (χ1) is 15.0. The largest absolute Gasteiger partial charge is 0.508 e. The fraction of sp³-hybridized carbons (Fsp3) is 0.333. The third-order valence-electron chi connectivity index (χ3n) is 6.04. The van der Waals surface area contributed by atoms with E-state index in [-0.39, 0.29) is 17.4 Å². The molecule has 3 rings (SSSR count). The van der Waals surface area contributed by atoms with Crippen molar-refractivity contribution in [2.75, 3.05) is 36.0 Å². The third kappa shape index (κ3) is 4.79. The van der Waals surface area contributed by atoms with Crippen LogP contribution in [0.2, 0.25) is 0 Å². The van der Waals surface area contributed by atoms with E-state index in [0.717, 1.165) is 54.2 Å². The van der Waals surface area contributed by atoms with Gasteiger partial charge in [-0.3, -0.25) is 0 Å². The minimum absolute atomic E-state index is 0.241. The maximum Gasteiger partial charge on any atom is 0.121 e. The van der Waals surface area contributed by atoms with Crippen molar-refractivity contribution in [3.63, 3.8) is 0 Å². The molecule has 0 aliphatic rings. The van der Waals surface area contributed by atoms with Crippen LogP contribution in [-0.2, 0) is 0 Å². The predicted octanol–water partition coefficient (Wildman–Crippen LogP) is 5.97. The van der Waals surface area contributed by atoms with Gasteiger partial charge in [-0.15, -0.1) is 0 Å². The molecule has 0 aromatic heterocycles. The summed E-state index contributed by atoms with van der Waals surface area (Å²) in [6, 6.07) is 21.8. The monoisotopic (exact) mass is 418 g/mol. The van der Waals surface area contributed by atoms with Gasteiger partial charge in [-0.25, -0.2) is 0 Å². The highest BCUT2D eigenvalue weighted by Crippen LogP contribution is 2.42. The van der Waals surface area contributed by atoms with Crippen molar-refractivity contribution in [2.24, 2.45) is 0 Å². The summed E-state index contributed by atoms with van der Waals surface area (Å²) in [5.41, 5.74) is 4.60. The van der Waals surface area contributed by atoms with Gasteiger partial charge < -0.3 is 20.0 Å². The molecule has 0 aliphatic heterocycles. The Morgan fingerprint density at radius 1 is 0.613 bits per heavy atom. The standard InChI is InChI=1S/C27H34N2O2/c1-5-28(6-2)21-14-16-23(25(30)18-21)27(20-12-10-9-11-13-20)24-17-15-22(19-26(24)31)29(7-3)8-4/h9-19,27,30-31H,5-8H2,1-4H3. The lowest BCUT2D eigenvalue weighted by Crippen LogP contribution is -2.22. The number of anilines is 2. The minimum Gasteiger partial charge on any atom is -0.508 e. The van der Waals surface area contributed by atoms with Gasteiger partial charge in [-0.2, -0.15) is 0 Å². The zero-order chi connectivity index (χ0) is 22.4. The molecule has 2 N–H and O–H groups in total. The molecule has 0 amide bonds. The second-order valence-electron chi connectivity index (χ2n) is 7.67. The molecule has 4 nitrogen and oxygen atoms in total. The Balaban J connectivity index is 2.11. The number of hydrogen-bond acceptors (Lipinski definition) is 4. The van der Waals surface area contributed by atoms with Gasteiger partial charge in [0.15, 0.2) is 0 Å². The van der Waals surface area contributed by atoms with Crippen molar-refractivity contribution in [2.45, 2.75) is 33.6 Å². The summed E-state index contributed by atoms with van der Waals surface area (Å²) in [5, 5.41) is 22.0. The van der Waals surface area contributed by atoms with Gasteiger partial charge in [0.1, 0.15) is 11.5 Å². The van der Waals surface area contributed by atoms with E-state index in [1.807, 2.05) is 54.6 Å². The lowest BCUT2D eigenvalue weighted by Gasteiger charge is -2.26. The number of aromatic hydroxyl groups is 2. The first kappa shape index (κ1) is 22.5. The van der Waals surface area contributed by atoms with E-state index in [1.54, 1.807) is 0 Å². The maximum absolute atomic E-state index is 11.0. The Morgan fingerprint density at radius 3 is 1.39 bits per heavy atom. The molecule has 0 unspecified atom stereocenters. The van der Waals surface area contributed by atoms with Crippen molar-refractivity contribution in [1.29, 1.82) is 0 Å². The minimum atomic E-state index is -0.266. The van der Waals surface area contributed by atoms with Crippen LogP contribution in [0, 0.1) is 0 Å². The van der Waals surface area contributed by atoms with Crippen LogP contribution in [0.15, 0.2) is 66.7 Å². The Hall–Kier alpha value is -3.14. The first-order valence-corrected chi connectivity index (χ1v) is 11.2. The Kier molecular flexibility index (Phi) is 7.45. The van der Waals surface area contributed by atoms with Gasteiger partial charge in [0.25, 0.3) is 0 Å². The number of nitrogens with zero attached hydrogens (tertiary/aromatic N) is 2. The first-order valence-electron chi connectivity index (χ1n) is 11.2. The topological polar surface area (TPSA) is 46.9 Å². The fourth-order valence-corrected chi connectivity index (χ4v) is 4.30. The molecule has 0 atom stereocenters. The Bertz CT molecular complexity index is 918. The molecule has 0 fully saturated rings. The smallest absolute Gasteiger partial charge is 0.121 e. The molecule has 3 aromatic carbocycles. The van der Waals surface area contributed by atoms with Crippen LogP contribution < -0.4 is 9.80 Å². The van der Waals surface area contributed by atoms with E-state index in [9.17, 15) is 10.2 Å². The SMILES string of the molecule is CCN(CC)c1ccc(C(c2ccccc2)c2ccc(N(CC)CC)cc2O)c(O)c1. The molecule has 0 saturated heterocycles. The van der Waals surface area contributed by atoms with Gasteiger partial charge in [0, 0.05) is 66.7 Å². The van der Waals surface area contributed by atoms with Gasteiger partial charge in [0.05, 0.1) is 0 Å². The average molecular weight is 419 g/mol. The van der Waals surface area contributed by atoms with Crippen LogP contribution in [0.4, 0.5) is 11.4 Å². The molecule has 0 bridgehead atoms. The van der Waals surface area contributed by atoms with Gasteiger partial charge >= 0.3 is 0 Å². The van der Waals surface area contributed by atoms with E-state index in [2.05, 4.69) is 49.6 Å². The molecule has 0 heterocycles. The zero-order valence-electron chi connectivity index (χ0n) is 19.0. The Morgan fingerprint density at radius 2 is 1.03 bits per heavy atom. The Labute approximate surface area is 186 Å². The van der Waals surface area contributed by atoms with Crippen LogP contribution in [0.3, 0.4) is 0 Å². The summed E-state index contributed by atoms with van der Waals surface area (Å²) in [4.78, 5) is 4.41. The van der Waals surface area contributed by atoms with Crippen molar-refractivity contribution >= 4 is 11.4 Å². The van der Waals surface area contributed by atoms with Gasteiger partial charge in [0.2, 0.25) is 0 Å². The van der Waals surface area contributed by atoms with Gasteiger partial charge in [-0.05, 0) is 45.4 Å². The molecule has 4 heteroatoms. The molecule has 0 radical (unpaired) electrons. The summed E-state index contributed by atoms with van der Waals surface area (Å²) in [5.74, 6) is 0.216. The van der Waals surface area contributed by atoms with E-state index in [0.29, 0.717) is 0 Å². The highest BCUT2D eigenvalue weighted by Gasteiger charge is 2.24. The van der Waals surface area contributed by atoms with E-state index in [1.165, 1.54) is 0 Å². The normalized spacial score (nSPS) is 11.0. The lowest BCUT2D eigenvalue weighted by atomic mass is 9.84. The van der Waals surface area contributed by atoms with E-state index in [4.69, 9.17) is 0 Å². The highest BCUT2D eigenvalue weighted by molar-refractivity contribution is 5.61. The molecule has 3 aromatic rings.